The molecule has 1 heterocycles. The second kappa shape index (κ2) is 5.97. The SMILES string of the molecule is CCC1(C(=O)NC(CCO)C(=O)O)CCNC1. The summed E-state index contributed by atoms with van der Waals surface area (Å²) >= 11 is 0. The normalized spacial score (nSPS) is 25.5. The molecule has 1 fully saturated rings. The van der Waals surface area contributed by atoms with Crippen molar-refractivity contribution in [3.05, 3.63) is 0 Å². The summed E-state index contributed by atoms with van der Waals surface area (Å²) in [5.74, 6) is -1.34. The molecule has 6 nitrogen and oxygen atoms in total. The topological polar surface area (TPSA) is 98.7 Å². The molecule has 0 aliphatic carbocycles. The van der Waals surface area contributed by atoms with Gasteiger partial charge in [0.2, 0.25) is 5.91 Å². The van der Waals surface area contributed by atoms with Crippen molar-refractivity contribution < 1.29 is 19.8 Å². The maximum atomic E-state index is 12.1. The quantitative estimate of drug-likeness (QED) is 0.496. The zero-order chi connectivity index (χ0) is 12.9. The molecule has 0 radical (unpaired) electrons. The van der Waals surface area contributed by atoms with Crippen LogP contribution in [-0.4, -0.2) is 47.8 Å². The van der Waals surface area contributed by atoms with Gasteiger partial charge in [0, 0.05) is 19.6 Å². The van der Waals surface area contributed by atoms with Crippen LogP contribution in [0.5, 0.6) is 0 Å². The van der Waals surface area contributed by atoms with E-state index < -0.39 is 17.4 Å². The number of nitrogens with one attached hydrogen (secondary N) is 2. The van der Waals surface area contributed by atoms with Gasteiger partial charge in [0.15, 0.2) is 0 Å². The van der Waals surface area contributed by atoms with Gasteiger partial charge in [-0.05, 0) is 19.4 Å². The van der Waals surface area contributed by atoms with Crippen LogP contribution in [0, 0.1) is 5.41 Å². The zero-order valence-corrected chi connectivity index (χ0v) is 10.0. The average Bonchev–Trinajstić information content (AvgIpc) is 2.78. The Labute approximate surface area is 100 Å². The van der Waals surface area contributed by atoms with Crippen molar-refractivity contribution in [2.24, 2.45) is 5.41 Å². The Morgan fingerprint density at radius 2 is 2.24 bits per heavy atom. The number of aliphatic carboxylic acids is 1. The molecule has 0 aromatic carbocycles. The average molecular weight is 244 g/mol. The van der Waals surface area contributed by atoms with Crippen LogP contribution in [0.25, 0.3) is 0 Å². The van der Waals surface area contributed by atoms with E-state index in [9.17, 15) is 9.59 Å². The Bertz CT molecular complexity index is 287. The van der Waals surface area contributed by atoms with Gasteiger partial charge in [0.1, 0.15) is 6.04 Å². The standard InChI is InChI=1S/C11H20N2O4/c1-2-11(4-5-12-7-11)10(17)13-8(3-6-14)9(15)16/h8,12,14H,2-7H2,1H3,(H,13,17)(H,15,16). The Kier molecular flexibility index (Phi) is 4.89. The van der Waals surface area contributed by atoms with E-state index in [1.165, 1.54) is 0 Å². The summed E-state index contributed by atoms with van der Waals surface area (Å²) in [6.07, 6.45) is 1.44. The number of carbonyl (C=O) groups is 2. The summed E-state index contributed by atoms with van der Waals surface area (Å²) in [6, 6.07) is -1.00. The second-order valence-electron chi connectivity index (χ2n) is 4.44. The lowest BCUT2D eigenvalue weighted by Gasteiger charge is -2.27. The molecular formula is C11H20N2O4. The highest BCUT2D eigenvalue weighted by Crippen LogP contribution is 2.29. The van der Waals surface area contributed by atoms with Crippen molar-refractivity contribution in [1.29, 1.82) is 0 Å². The highest BCUT2D eigenvalue weighted by molar-refractivity contribution is 5.87. The molecule has 0 spiro atoms. The molecule has 1 amide bonds. The van der Waals surface area contributed by atoms with E-state index in [2.05, 4.69) is 10.6 Å². The van der Waals surface area contributed by atoms with Crippen LogP contribution in [0.3, 0.4) is 0 Å². The lowest BCUT2D eigenvalue weighted by Crippen LogP contribution is -2.49. The highest BCUT2D eigenvalue weighted by atomic mass is 16.4. The number of carboxylic acid groups (broad SMARTS) is 1. The first-order valence-electron chi connectivity index (χ1n) is 5.91. The first kappa shape index (κ1) is 13.9. The van der Waals surface area contributed by atoms with Gasteiger partial charge in [-0.3, -0.25) is 4.79 Å². The Morgan fingerprint density at radius 3 is 2.65 bits per heavy atom. The molecule has 6 heteroatoms. The summed E-state index contributed by atoms with van der Waals surface area (Å²) in [4.78, 5) is 23.0. The van der Waals surface area contributed by atoms with Crippen LogP contribution in [0.2, 0.25) is 0 Å². The minimum absolute atomic E-state index is 0.0360. The van der Waals surface area contributed by atoms with Crippen LogP contribution in [0.15, 0.2) is 0 Å². The predicted molar refractivity (Wildman–Crippen MR) is 61.5 cm³/mol. The molecule has 2 atom stereocenters. The lowest BCUT2D eigenvalue weighted by atomic mass is 9.83. The third kappa shape index (κ3) is 3.17. The molecule has 1 rings (SSSR count). The number of amides is 1. The number of aliphatic hydroxyl groups excluding tert-OH is 1. The minimum Gasteiger partial charge on any atom is -0.480 e. The van der Waals surface area contributed by atoms with Gasteiger partial charge in [-0.15, -0.1) is 0 Å². The Morgan fingerprint density at radius 1 is 1.53 bits per heavy atom. The zero-order valence-electron chi connectivity index (χ0n) is 10.0. The molecule has 98 valence electrons. The Hall–Kier alpha value is -1.14. The fourth-order valence-corrected chi connectivity index (χ4v) is 2.10. The highest BCUT2D eigenvalue weighted by Gasteiger charge is 2.40. The fraction of sp³-hybridized carbons (Fsp3) is 0.818. The van der Waals surface area contributed by atoms with Gasteiger partial charge >= 0.3 is 5.97 Å². The number of rotatable bonds is 6. The largest absolute Gasteiger partial charge is 0.480 e. The van der Waals surface area contributed by atoms with Crippen LogP contribution in [-0.2, 0) is 9.59 Å². The van der Waals surface area contributed by atoms with Gasteiger partial charge in [0.25, 0.3) is 0 Å². The molecule has 4 N–H and O–H groups in total. The third-order valence-corrected chi connectivity index (χ3v) is 3.42. The molecule has 1 aliphatic rings. The van der Waals surface area contributed by atoms with Gasteiger partial charge in [0.05, 0.1) is 5.41 Å². The molecule has 0 aromatic heterocycles. The van der Waals surface area contributed by atoms with Crippen LogP contribution in [0.1, 0.15) is 26.2 Å². The van der Waals surface area contributed by atoms with Crippen molar-refractivity contribution in [3.8, 4) is 0 Å². The van der Waals surface area contributed by atoms with E-state index in [1.54, 1.807) is 0 Å². The molecule has 0 aromatic rings. The maximum Gasteiger partial charge on any atom is 0.326 e. The number of hydrogen-bond donors (Lipinski definition) is 4. The summed E-state index contributed by atoms with van der Waals surface area (Å²) in [6.45, 7) is 3.03. The number of carbonyl (C=O) groups excluding carboxylic acids is 1. The van der Waals surface area contributed by atoms with Gasteiger partial charge in [-0.25, -0.2) is 4.79 Å². The Balaban J connectivity index is 2.65. The first-order chi connectivity index (χ1) is 8.05. The van der Waals surface area contributed by atoms with Crippen molar-refractivity contribution in [3.63, 3.8) is 0 Å². The second-order valence-corrected chi connectivity index (χ2v) is 4.44. The van der Waals surface area contributed by atoms with Crippen molar-refractivity contribution in [2.75, 3.05) is 19.7 Å². The van der Waals surface area contributed by atoms with Crippen molar-refractivity contribution >= 4 is 11.9 Å². The summed E-state index contributed by atoms with van der Waals surface area (Å²) in [7, 11) is 0. The molecule has 1 aliphatic heterocycles. The third-order valence-electron chi connectivity index (χ3n) is 3.42. The van der Waals surface area contributed by atoms with E-state index >= 15 is 0 Å². The van der Waals surface area contributed by atoms with E-state index in [0.717, 1.165) is 13.0 Å². The minimum atomic E-state index is -1.11. The molecule has 0 bridgehead atoms. The van der Waals surface area contributed by atoms with E-state index in [-0.39, 0.29) is 18.9 Å². The van der Waals surface area contributed by atoms with E-state index in [1.807, 2.05) is 6.92 Å². The van der Waals surface area contributed by atoms with Crippen LogP contribution >= 0.6 is 0 Å². The molecule has 1 saturated heterocycles. The van der Waals surface area contributed by atoms with Crippen LogP contribution in [0.4, 0.5) is 0 Å². The van der Waals surface area contributed by atoms with Crippen molar-refractivity contribution in [1.82, 2.24) is 10.6 Å². The monoisotopic (exact) mass is 244 g/mol. The van der Waals surface area contributed by atoms with E-state index in [4.69, 9.17) is 10.2 Å². The van der Waals surface area contributed by atoms with Gasteiger partial charge in [-0.2, -0.15) is 0 Å². The summed E-state index contributed by atoms with van der Waals surface area (Å²) in [5, 5.41) is 23.3. The summed E-state index contributed by atoms with van der Waals surface area (Å²) in [5.41, 5.74) is -0.497. The molecular weight excluding hydrogens is 224 g/mol. The number of carboxylic acids is 1. The fourth-order valence-electron chi connectivity index (χ4n) is 2.10. The van der Waals surface area contributed by atoms with E-state index in [0.29, 0.717) is 13.0 Å². The lowest BCUT2D eigenvalue weighted by molar-refractivity contribution is -0.144. The number of hydrogen-bond acceptors (Lipinski definition) is 4. The maximum absolute atomic E-state index is 12.1. The van der Waals surface area contributed by atoms with Crippen LogP contribution < -0.4 is 10.6 Å². The molecule has 17 heavy (non-hydrogen) atoms. The van der Waals surface area contributed by atoms with Gasteiger partial charge < -0.3 is 20.8 Å². The summed E-state index contributed by atoms with van der Waals surface area (Å²) < 4.78 is 0. The van der Waals surface area contributed by atoms with Crippen molar-refractivity contribution in [2.45, 2.75) is 32.2 Å². The number of aliphatic hydroxyl groups is 1. The van der Waals surface area contributed by atoms with Gasteiger partial charge in [-0.1, -0.05) is 6.92 Å². The molecule has 2 unspecified atom stereocenters. The first-order valence-corrected chi connectivity index (χ1v) is 5.91. The molecule has 0 saturated carbocycles. The predicted octanol–water partition coefficient (Wildman–Crippen LogP) is -0.672. The smallest absolute Gasteiger partial charge is 0.326 e.